The minimum atomic E-state index is 0.0643. The summed E-state index contributed by atoms with van der Waals surface area (Å²) in [5.74, 6) is 3.35. The molecular formula is C14H17NO2. The van der Waals surface area contributed by atoms with Crippen LogP contribution in [0.2, 0.25) is 0 Å². The summed E-state index contributed by atoms with van der Waals surface area (Å²) in [6, 6.07) is 5.26. The molecule has 3 nitrogen and oxygen atoms in total. The van der Waals surface area contributed by atoms with E-state index in [0.29, 0.717) is 16.9 Å². The van der Waals surface area contributed by atoms with Crippen LogP contribution < -0.4 is 10.1 Å². The summed E-state index contributed by atoms with van der Waals surface area (Å²) >= 11 is 0. The molecule has 0 radical (unpaired) electrons. The van der Waals surface area contributed by atoms with Crippen LogP contribution >= 0.6 is 0 Å². The highest BCUT2D eigenvalue weighted by molar-refractivity contribution is 5.62. The average molecular weight is 231 g/mol. The molecule has 90 valence electrons. The predicted molar refractivity (Wildman–Crippen MR) is 69.8 cm³/mol. The quantitative estimate of drug-likeness (QED) is 0.618. The summed E-state index contributed by atoms with van der Waals surface area (Å²) < 4.78 is 5.57. The SMILES string of the molecule is C#Cc1cc(/C(O)=C/NC)ccc1OC(C)C. The van der Waals surface area contributed by atoms with Gasteiger partial charge in [-0.05, 0) is 32.0 Å². The fourth-order valence-corrected chi connectivity index (χ4v) is 1.38. The van der Waals surface area contributed by atoms with Crippen molar-refractivity contribution >= 4 is 5.76 Å². The lowest BCUT2D eigenvalue weighted by Crippen LogP contribution is -2.07. The number of terminal acetylenes is 1. The van der Waals surface area contributed by atoms with Crippen molar-refractivity contribution in [1.82, 2.24) is 5.32 Å². The van der Waals surface area contributed by atoms with Crippen LogP contribution in [0.4, 0.5) is 0 Å². The fourth-order valence-electron chi connectivity index (χ4n) is 1.38. The van der Waals surface area contributed by atoms with Gasteiger partial charge < -0.3 is 15.2 Å². The van der Waals surface area contributed by atoms with Crippen molar-refractivity contribution in [2.24, 2.45) is 0 Å². The van der Waals surface area contributed by atoms with Crippen molar-refractivity contribution in [2.45, 2.75) is 20.0 Å². The van der Waals surface area contributed by atoms with Gasteiger partial charge in [0.2, 0.25) is 0 Å². The second-order valence-corrected chi connectivity index (χ2v) is 3.84. The third kappa shape index (κ3) is 3.46. The standard InChI is InChI=1S/C14H17NO2/c1-5-11-8-12(13(16)9-15-4)6-7-14(11)17-10(2)3/h1,6-10,15-16H,2-4H3/b13-9-. The first-order chi connectivity index (χ1) is 8.08. The van der Waals surface area contributed by atoms with Crippen LogP contribution in [0.1, 0.15) is 25.0 Å². The Morgan fingerprint density at radius 3 is 2.76 bits per heavy atom. The van der Waals surface area contributed by atoms with Gasteiger partial charge in [0.25, 0.3) is 0 Å². The smallest absolute Gasteiger partial charge is 0.138 e. The average Bonchev–Trinajstić information content (AvgIpc) is 2.29. The van der Waals surface area contributed by atoms with Crippen LogP contribution in [0.15, 0.2) is 24.4 Å². The molecule has 0 fully saturated rings. The van der Waals surface area contributed by atoms with Crippen LogP contribution in [0.5, 0.6) is 5.75 Å². The van der Waals surface area contributed by atoms with Crippen molar-refractivity contribution in [2.75, 3.05) is 7.05 Å². The molecule has 3 heteroatoms. The number of nitrogens with one attached hydrogen (secondary N) is 1. The van der Waals surface area contributed by atoms with Crippen LogP contribution in [-0.2, 0) is 0 Å². The van der Waals surface area contributed by atoms with Gasteiger partial charge in [0.1, 0.15) is 11.5 Å². The molecule has 1 aromatic carbocycles. The van der Waals surface area contributed by atoms with Crippen LogP contribution in [0, 0.1) is 12.3 Å². The molecule has 0 heterocycles. The molecular weight excluding hydrogens is 214 g/mol. The molecule has 2 N–H and O–H groups in total. The third-order valence-corrected chi connectivity index (χ3v) is 2.07. The first kappa shape index (κ1) is 13.0. The summed E-state index contributed by atoms with van der Waals surface area (Å²) in [7, 11) is 1.72. The molecule has 0 aromatic heterocycles. The Balaban J connectivity index is 3.09. The van der Waals surface area contributed by atoms with E-state index in [0.717, 1.165) is 0 Å². The van der Waals surface area contributed by atoms with Crippen molar-refractivity contribution in [3.05, 3.63) is 35.5 Å². The Morgan fingerprint density at radius 2 is 2.24 bits per heavy atom. The molecule has 0 spiro atoms. The summed E-state index contributed by atoms with van der Waals surface area (Å²) in [4.78, 5) is 0. The lowest BCUT2D eigenvalue weighted by molar-refractivity contribution is 0.242. The minimum Gasteiger partial charge on any atom is -0.506 e. The second kappa shape index (κ2) is 5.86. The zero-order chi connectivity index (χ0) is 12.8. The van der Waals surface area contributed by atoms with Gasteiger partial charge in [-0.2, -0.15) is 0 Å². The molecule has 1 rings (SSSR count). The summed E-state index contributed by atoms with van der Waals surface area (Å²) in [6.45, 7) is 3.87. The topological polar surface area (TPSA) is 41.5 Å². The van der Waals surface area contributed by atoms with Gasteiger partial charge in [0, 0.05) is 18.8 Å². The van der Waals surface area contributed by atoms with E-state index in [1.54, 1.807) is 25.2 Å². The predicted octanol–water partition coefficient (Wildman–Crippen LogP) is 2.53. The van der Waals surface area contributed by atoms with Crippen LogP contribution in [-0.4, -0.2) is 18.3 Å². The van der Waals surface area contributed by atoms with E-state index in [9.17, 15) is 5.11 Å². The maximum absolute atomic E-state index is 9.70. The molecule has 0 amide bonds. The molecule has 0 saturated heterocycles. The van der Waals surface area contributed by atoms with Gasteiger partial charge in [-0.15, -0.1) is 6.42 Å². The van der Waals surface area contributed by atoms with E-state index in [1.807, 2.05) is 13.8 Å². The van der Waals surface area contributed by atoms with Crippen molar-refractivity contribution in [1.29, 1.82) is 0 Å². The van der Waals surface area contributed by atoms with E-state index in [-0.39, 0.29) is 11.9 Å². The molecule has 0 aliphatic heterocycles. The number of aliphatic hydroxyl groups excluding tert-OH is 1. The first-order valence-electron chi connectivity index (χ1n) is 5.42. The lowest BCUT2D eigenvalue weighted by atomic mass is 10.1. The van der Waals surface area contributed by atoms with Gasteiger partial charge in [0.05, 0.1) is 11.7 Å². The summed E-state index contributed by atoms with van der Waals surface area (Å²) in [5.41, 5.74) is 1.29. The molecule has 0 aliphatic rings. The highest BCUT2D eigenvalue weighted by Gasteiger charge is 2.07. The number of benzene rings is 1. The zero-order valence-corrected chi connectivity index (χ0v) is 10.3. The molecule has 0 aliphatic carbocycles. The monoisotopic (exact) mass is 231 g/mol. The Labute approximate surface area is 102 Å². The number of ether oxygens (including phenoxy) is 1. The molecule has 17 heavy (non-hydrogen) atoms. The molecule has 0 atom stereocenters. The van der Waals surface area contributed by atoms with Crippen LogP contribution in [0.25, 0.3) is 5.76 Å². The molecule has 0 unspecified atom stereocenters. The number of rotatable bonds is 4. The largest absolute Gasteiger partial charge is 0.506 e. The Kier molecular flexibility index (Phi) is 4.47. The second-order valence-electron chi connectivity index (χ2n) is 3.84. The number of aliphatic hydroxyl groups is 1. The van der Waals surface area contributed by atoms with Crippen molar-refractivity contribution in [3.63, 3.8) is 0 Å². The number of hydrogen-bond acceptors (Lipinski definition) is 3. The van der Waals surface area contributed by atoms with Gasteiger partial charge in [-0.1, -0.05) is 5.92 Å². The Hall–Kier alpha value is -2.08. The Morgan fingerprint density at radius 1 is 1.53 bits per heavy atom. The van der Waals surface area contributed by atoms with Gasteiger partial charge >= 0.3 is 0 Å². The zero-order valence-electron chi connectivity index (χ0n) is 10.3. The fraction of sp³-hybridized carbons (Fsp3) is 0.286. The van der Waals surface area contributed by atoms with E-state index >= 15 is 0 Å². The van der Waals surface area contributed by atoms with E-state index < -0.39 is 0 Å². The van der Waals surface area contributed by atoms with Gasteiger partial charge in [-0.25, -0.2) is 0 Å². The highest BCUT2D eigenvalue weighted by Crippen LogP contribution is 2.23. The van der Waals surface area contributed by atoms with E-state index in [4.69, 9.17) is 11.2 Å². The normalized spacial score (nSPS) is 11.1. The van der Waals surface area contributed by atoms with Crippen molar-refractivity contribution < 1.29 is 9.84 Å². The first-order valence-corrected chi connectivity index (χ1v) is 5.42. The van der Waals surface area contributed by atoms with Crippen molar-refractivity contribution in [3.8, 4) is 18.1 Å². The highest BCUT2D eigenvalue weighted by atomic mass is 16.5. The molecule has 0 bridgehead atoms. The molecule has 1 aromatic rings. The summed E-state index contributed by atoms with van der Waals surface area (Å²) in [6.07, 6.45) is 6.99. The Bertz CT molecular complexity index is 456. The van der Waals surface area contributed by atoms with E-state index in [2.05, 4.69) is 11.2 Å². The minimum absolute atomic E-state index is 0.0643. The number of hydrogen-bond donors (Lipinski definition) is 2. The third-order valence-electron chi connectivity index (χ3n) is 2.07. The van der Waals surface area contributed by atoms with Gasteiger partial charge in [0.15, 0.2) is 0 Å². The van der Waals surface area contributed by atoms with E-state index in [1.165, 1.54) is 6.20 Å². The maximum Gasteiger partial charge on any atom is 0.138 e. The maximum atomic E-state index is 9.70. The lowest BCUT2D eigenvalue weighted by Gasteiger charge is -2.12. The van der Waals surface area contributed by atoms with Crippen LogP contribution in [0.3, 0.4) is 0 Å². The molecule has 0 saturated carbocycles. The van der Waals surface area contributed by atoms with Gasteiger partial charge in [-0.3, -0.25) is 0 Å². The summed E-state index contributed by atoms with van der Waals surface area (Å²) in [5, 5.41) is 12.5.